The number of benzene rings is 1. The zero-order chi connectivity index (χ0) is 15.7. The fourth-order valence-electron chi connectivity index (χ4n) is 2.30. The summed E-state index contributed by atoms with van der Waals surface area (Å²) in [5, 5.41) is 3.48. The normalized spacial score (nSPS) is 11.1. The van der Waals surface area contributed by atoms with Gasteiger partial charge in [0.2, 0.25) is 0 Å². The highest BCUT2D eigenvalue weighted by atomic mass is 35.5. The summed E-state index contributed by atoms with van der Waals surface area (Å²) in [5.74, 6) is -0.360. The summed E-state index contributed by atoms with van der Waals surface area (Å²) in [6, 6.07) is 6.58. The smallest absolute Gasteiger partial charge is 0.181 e. The van der Waals surface area contributed by atoms with E-state index in [2.05, 4.69) is 20.3 Å². The minimum Gasteiger partial charge on any atom is -0.380 e. The van der Waals surface area contributed by atoms with Crippen LogP contribution in [0.25, 0.3) is 22.3 Å². The number of aromatic nitrogens is 3. The van der Waals surface area contributed by atoms with Gasteiger partial charge in [0.05, 0.1) is 5.69 Å². The zero-order valence-electron chi connectivity index (χ0n) is 12.1. The van der Waals surface area contributed by atoms with E-state index < -0.39 is 0 Å². The lowest BCUT2D eigenvalue weighted by Crippen LogP contribution is -2.12. The number of hydrogen-bond acceptors (Lipinski definition) is 4. The van der Waals surface area contributed by atoms with E-state index in [-0.39, 0.29) is 17.0 Å². The monoisotopic (exact) mass is 316 g/mol. The molecule has 0 aliphatic carbocycles. The molecule has 4 nitrogen and oxygen atoms in total. The van der Waals surface area contributed by atoms with Gasteiger partial charge in [-0.15, -0.1) is 0 Å². The summed E-state index contributed by atoms with van der Waals surface area (Å²) < 4.78 is 14.2. The molecule has 2 heterocycles. The highest BCUT2D eigenvalue weighted by molar-refractivity contribution is 6.33. The van der Waals surface area contributed by atoms with Crippen LogP contribution in [0.3, 0.4) is 0 Å². The van der Waals surface area contributed by atoms with Crippen molar-refractivity contribution in [3.63, 3.8) is 0 Å². The topological polar surface area (TPSA) is 50.7 Å². The average molecular weight is 317 g/mol. The van der Waals surface area contributed by atoms with Crippen LogP contribution in [-0.2, 0) is 0 Å². The summed E-state index contributed by atoms with van der Waals surface area (Å²) in [4.78, 5) is 12.7. The largest absolute Gasteiger partial charge is 0.380 e. The number of anilines is 1. The molecule has 2 aromatic heterocycles. The lowest BCUT2D eigenvalue weighted by atomic mass is 10.0. The van der Waals surface area contributed by atoms with Crippen LogP contribution in [0.1, 0.15) is 13.8 Å². The second-order valence-electron chi connectivity index (χ2n) is 5.16. The molecule has 22 heavy (non-hydrogen) atoms. The Hall–Kier alpha value is -2.27. The molecule has 1 aromatic carbocycles. The maximum absolute atomic E-state index is 14.2. The van der Waals surface area contributed by atoms with Crippen molar-refractivity contribution in [2.75, 3.05) is 5.32 Å². The molecule has 0 radical (unpaired) electrons. The number of nitrogens with zero attached hydrogens (tertiary/aromatic N) is 3. The first kappa shape index (κ1) is 14.7. The molecule has 0 aliphatic heterocycles. The van der Waals surface area contributed by atoms with Gasteiger partial charge < -0.3 is 5.32 Å². The van der Waals surface area contributed by atoms with E-state index in [0.29, 0.717) is 28.0 Å². The van der Waals surface area contributed by atoms with E-state index in [1.54, 1.807) is 30.6 Å². The molecule has 0 amide bonds. The summed E-state index contributed by atoms with van der Waals surface area (Å²) in [6.07, 6.45) is 3.13. The first-order valence-corrected chi connectivity index (χ1v) is 7.27. The Balaban J connectivity index is 2.37. The van der Waals surface area contributed by atoms with E-state index in [1.807, 2.05) is 13.8 Å². The van der Waals surface area contributed by atoms with Crippen molar-refractivity contribution >= 4 is 28.5 Å². The maximum atomic E-state index is 14.2. The van der Waals surface area contributed by atoms with E-state index in [1.165, 1.54) is 6.07 Å². The Labute approximate surface area is 132 Å². The van der Waals surface area contributed by atoms with Crippen molar-refractivity contribution in [3.05, 3.63) is 47.6 Å². The average Bonchev–Trinajstić information content (AvgIpc) is 2.48. The lowest BCUT2D eigenvalue weighted by Gasteiger charge is -2.17. The molecule has 0 bridgehead atoms. The van der Waals surface area contributed by atoms with E-state index in [4.69, 9.17) is 11.6 Å². The second-order valence-corrected chi connectivity index (χ2v) is 5.52. The van der Waals surface area contributed by atoms with Gasteiger partial charge in [0.1, 0.15) is 16.5 Å². The Morgan fingerprint density at radius 3 is 2.59 bits per heavy atom. The Bertz CT molecular complexity index is 835. The van der Waals surface area contributed by atoms with Crippen LogP contribution >= 0.6 is 11.6 Å². The molecule has 3 rings (SSSR count). The third-order valence-electron chi connectivity index (χ3n) is 3.15. The van der Waals surface area contributed by atoms with Crippen molar-refractivity contribution in [1.82, 2.24) is 15.0 Å². The van der Waals surface area contributed by atoms with Gasteiger partial charge in [-0.3, -0.25) is 0 Å². The van der Waals surface area contributed by atoms with Crippen LogP contribution in [0.5, 0.6) is 0 Å². The van der Waals surface area contributed by atoms with Crippen molar-refractivity contribution in [2.24, 2.45) is 0 Å². The van der Waals surface area contributed by atoms with Crippen LogP contribution in [0.15, 0.2) is 36.7 Å². The Kier molecular flexibility index (Phi) is 3.90. The quantitative estimate of drug-likeness (QED) is 0.732. The van der Waals surface area contributed by atoms with Crippen LogP contribution in [0.2, 0.25) is 5.15 Å². The Morgan fingerprint density at radius 2 is 1.86 bits per heavy atom. The molecule has 0 saturated heterocycles. The number of hydrogen-bond donors (Lipinski definition) is 1. The number of rotatable bonds is 3. The number of halogens is 2. The fourth-order valence-corrected chi connectivity index (χ4v) is 2.57. The first-order valence-electron chi connectivity index (χ1n) is 6.89. The highest BCUT2D eigenvalue weighted by Gasteiger charge is 2.20. The molecular formula is C16H14ClFN4. The predicted octanol–water partition coefficient (Wildman–Crippen LogP) is 4.30. The van der Waals surface area contributed by atoms with Crippen LogP contribution < -0.4 is 5.32 Å². The minimum atomic E-state index is -0.360. The molecule has 1 N–H and O–H groups in total. The van der Waals surface area contributed by atoms with E-state index in [0.717, 1.165) is 0 Å². The van der Waals surface area contributed by atoms with Gasteiger partial charge in [-0.2, -0.15) is 0 Å². The van der Waals surface area contributed by atoms with Gasteiger partial charge in [-0.1, -0.05) is 29.8 Å². The van der Waals surface area contributed by atoms with Gasteiger partial charge in [-0.25, -0.2) is 19.3 Å². The predicted molar refractivity (Wildman–Crippen MR) is 86.5 cm³/mol. The highest BCUT2D eigenvalue weighted by Crippen LogP contribution is 2.38. The summed E-state index contributed by atoms with van der Waals surface area (Å²) in [7, 11) is 0. The number of nitrogens with one attached hydrogen (secondary N) is 1. The number of pyridine rings is 1. The van der Waals surface area contributed by atoms with Crippen molar-refractivity contribution in [1.29, 1.82) is 0 Å². The Morgan fingerprint density at radius 1 is 1.14 bits per heavy atom. The molecule has 0 saturated carbocycles. The maximum Gasteiger partial charge on any atom is 0.181 e. The van der Waals surface area contributed by atoms with Gasteiger partial charge in [0, 0.05) is 29.6 Å². The summed E-state index contributed by atoms with van der Waals surface area (Å²) in [5.41, 5.74) is 2.52. The molecule has 0 fully saturated rings. The van der Waals surface area contributed by atoms with E-state index >= 15 is 0 Å². The van der Waals surface area contributed by atoms with E-state index in [9.17, 15) is 4.39 Å². The molecule has 112 valence electrons. The SMILES string of the molecule is CC(C)Nc1c(-c2ccccc2F)c(Cl)nc2nccnc12. The fraction of sp³-hybridized carbons (Fsp3) is 0.188. The minimum absolute atomic E-state index is 0.120. The van der Waals surface area contributed by atoms with Crippen LogP contribution in [-0.4, -0.2) is 21.0 Å². The molecule has 0 aliphatic rings. The van der Waals surface area contributed by atoms with Gasteiger partial charge in [0.25, 0.3) is 0 Å². The molecule has 0 atom stereocenters. The molecule has 0 spiro atoms. The molecule has 0 unspecified atom stereocenters. The standard InChI is InChI=1S/C16H14ClFN4/c1-9(2)21-13-12(10-5-3-4-6-11(10)18)15(17)22-16-14(13)19-7-8-20-16/h3-9H,1-2H3,(H,20,21,22). The molecule has 6 heteroatoms. The van der Waals surface area contributed by atoms with Crippen molar-refractivity contribution < 1.29 is 4.39 Å². The van der Waals surface area contributed by atoms with Gasteiger partial charge in [0.15, 0.2) is 5.65 Å². The van der Waals surface area contributed by atoms with Gasteiger partial charge in [-0.05, 0) is 19.9 Å². The van der Waals surface area contributed by atoms with Gasteiger partial charge >= 0.3 is 0 Å². The number of fused-ring (bicyclic) bond motifs is 1. The summed E-state index contributed by atoms with van der Waals surface area (Å²) in [6.45, 7) is 3.98. The van der Waals surface area contributed by atoms with Crippen LogP contribution in [0.4, 0.5) is 10.1 Å². The van der Waals surface area contributed by atoms with Crippen LogP contribution in [0, 0.1) is 5.82 Å². The second kappa shape index (κ2) is 5.85. The van der Waals surface area contributed by atoms with Crippen molar-refractivity contribution in [3.8, 4) is 11.1 Å². The lowest BCUT2D eigenvalue weighted by molar-refractivity contribution is 0.631. The zero-order valence-corrected chi connectivity index (χ0v) is 12.9. The van der Waals surface area contributed by atoms with Crippen molar-refractivity contribution in [2.45, 2.75) is 19.9 Å². The third-order valence-corrected chi connectivity index (χ3v) is 3.43. The first-order chi connectivity index (χ1) is 10.6. The molecular weight excluding hydrogens is 303 g/mol. The third kappa shape index (κ3) is 2.60. The molecule has 3 aromatic rings. The summed E-state index contributed by atoms with van der Waals surface area (Å²) >= 11 is 6.31.